The Labute approximate surface area is 182 Å². The summed E-state index contributed by atoms with van der Waals surface area (Å²) in [6, 6.07) is 6.78. The molecule has 1 atom stereocenters. The van der Waals surface area contributed by atoms with Crippen LogP contribution in [-0.2, 0) is 16.6 Å². The predicted octanol–water partition coefficient (Wildman–Crippen LogP) is 1.46. The molecule has 0 saturated heterocycles. The Morgan fingerprint density at radius 3 is 2.48 bits per heavy atom. The molecule has 160 valence electrons. The van der Waals surface area contributed by atoms with Crippen LogP contribution in [0.2, 0.25) is 0 Å². The molecule has 1 aliphatic rings. The molecule has 31 heavy (non-hydrogen) atoms. The van der Waals surface area contributed by atoms with Crippen molar-refractivity contribution < 1.29 is 14.3 Å². The van der Waals surface area contributed by atoms with Crippen molar-refractivity contribution in [2.75, 3.05) is 14.2 Å². The third kappa shape index (κ3) is 3.50. The zero-order valence-electron chi connectivity index (χ0n) is 17.9. The van der Waals surface area contributed by atoms with Gasteiger partial charge >= 0.3 is 5.97 Å². The quantitative estimate of drug-likeness (QED) is 0.576. The number of fused-ring (bicyclic) bond motifs is 1. The number of aromatic nitrogens is 3. The van der Waals surface area contributed by atoms with Gasteiger partial charge in [-0.15, -0.1) is 0 Å². The van der Waals surface area contributed by atoms with Gasteiger partial charge in [0.2, 0.25) is 0 Å². The van der Waals surface area contributed by atoms with Crippen LogP contribution >= 0.6 is 11.3 Å². The average Bonchev–Trinajstić information content (AvgIpc) is 3.25. The first kappa shape index (κ1) is 20.8. The van der Waals surface area contributed by atoms with E-state index in [1.165, 1.54) is 18.4 Å². The summed E-state index contributed by atoms with van der Waals surface area (Å²) in [5.74, 6) is 0.225. The maximum atomic E-state index is 13.5. The fraction of sp³-hybridized carbons (Fsp3) is 0.273. The molecule has 0 fully saturated rings. The first-order valence-electron chi connectivity index (χ1n) is 9.59. The number of hydrogen-bond donors (Lipinski definition) is 0. The summed E-state index contributed by atoms with van der Waals surface area (Å²) in [6.07, 6.45) is 3.50. The summed E-state index contributed by atoms with van der Waals surface area (Å²) < 4.78 is 14.0. The van der Waals surface area contributed by atoms with Gasteiger partial charge in [0.1, 0.15) is 11.8 Å². The molecule has 1 aromatic carbocycles. The number of esters is 1. The highest BCUT2D eigenvalue weighted by Gasteiger charge is 2.34. The fourth-order valence-electron chi connectivity index (χ4n) is 3.62. The molecular formula is C22H22N4O4S. The van der Waals surface area contributed by atoms with Crippen LogP contribution in [0, 0.1) is 6.92 Å². The van der Waals surface area contributed by atoms with E-state index in [1.54, 1.807) is 29.5 Å². The van der Waals surface area contributed by atoms with Gasteiger partial charge in [0, 0.05) is 18.3 Å². The molecule has 0 spiro atoms. The van der Waals surface area contributed by atoms with Crippen molar-refractivity contribution in [1.29, 1.82) is 0 Å². The minimum Gasteiger partial charge on any atom is -0.497 e. The van der Waals surface area contributed by atoms with Gasteiger partial charge in [-0.1, -0.05) is 23.5 Å². The summed E-state index contributed by atoms with van der Waals surface area (Å²) in [5, 5.41) is 4.31. The number of methoxy groups -OCH3 is 2. The summed E-state index contributed by atoms with van der Waals surface area (Å²) >= 11 is 1.29. The molecule has 0 radical (unpaired) electrons. The van der Waals surface area contributed by atoms with E-state index in [2.05, 4.69) is 10.1 Å². The molecule has 0 bridgehead atoms. The van der Waals surface area contributed by atoms with Crippen LogP contribution in [-0.4, -0.2) is 34.5 Å². The van der Waals surface area contributed by atoms with Crippen LogP contribution in [0.25, 0.3) is 6.08 Å². The molecule has 0 amide bonds. The topological polar surface area (TPSA) is 87.7 Å². The van der Waals surface area contributed by atoms with E-state index >= 15 is 0 Å². The lowest BCUT2D eigenvalue weighted by Gasteiger charge is -2.23. The summed E-state index contributed by atoms with van der Waals surface area (Å²) in [6.45, 7) is 3.66. The van der Waals surface area contributed by atoms with E-state index < -0.39 is 12.0 Å². The lowest BCUT2D eigenvalue weighted by Crippen LogP contribution is -2.40. The minimum atomic E-state index is -0.657. The number of thiazole rings is 1. The Balaban J connectivity index is 1.96. The minimum absolute atomic E-state index is 0.221. The second-order valence-electron chi connectivity index (χ2n) is 7.16. The highest BCUT2D eigenvalue weighted by atomic mass is 32.1. The molecule has 4 rings (SSSR count). The van der Waals surface area contributed by atoms with Crippen molar-refractivity contribution in [2.24, 2.45) is 12.0 Å². The van der Waals surface area contributed by atoms with Crippen molar-refractivity contribution in [2.45, 2.75) is 19.9 Å². The Bertz CT molecular complexity index is 1380. The Kier molecular flexibility index (Phi) is 5.36. The zero-order chi connectivity index (χ0) is 22.3. The van der Waals surface area contributed by atoms with Gasteiger partial charge in [-0.05, 0) is 37.6 Å². The number of carbonyl (C=O) groups is 1. The first-order valence-corrected chi connectivity index (χ1v) is 10.4. The fourth-order valence-corrected chi connectivity index (χ4v) is 4.67. The lowest BCUT2D eigenvalue weighted by molar-refractivity contribution is -0.136. The van der Waals surface area contributed by atoms with Crippen molar-refractivity contribution in [1.82, 2.24) is 14.3 Å². The normalized spacial score (nSPS) is 16.2. The molecule has 3 heterocycles. The van der Waals surface area contributed by atoms with Crippen LogP contribution in [0.5, 0.6) is 5.75 Å². The van der Waals surface area contributed by atoms with Crippen molar-refractivity contribution >= 4 is 23.4 Å². The lowest BCUT2D eigenvalue weighted by atomic mass is 9.96. The standard InChI is InChI=1S/C22H22N4O4S/c1-12-18(21(28)30-5)19(16-11-23-25(3)13(16)2)26-20(27)17(31-22(26)24-12)10-14-6-8-15(29-4)9-7-14/h6-11,19H,1-5H3/b17-10+/t19-/m1/s1. The van der Waals surface area contributed by atoms with Crippen LogP contribution in [0.15, 0.2) is 51.5 Å². The molecule has 0 aliphatic carbocycles. The van der Waals surface area contributed by atoms with Gasteiger partial charge in [0.15, 0.2) is 4.80 Å². The number of aryl methyl sites for hydroxylation is 1. The molecule has 9 heteroatoms. The molecule has 0 N–H and O–H groups in total. The summed E-state index contributed by atoms with van der Waals surface area (Å²) in [4.78, 5) is 31.2. The number of benzene rings is 1. The second kappa shape index (κ2) is 7.99. The molecule has 1 aliphatic heterocycles. The molecular weight excluding hydrogens is 416 g/mol. The number of nitrogens with zero attached hydrogens (tertiary/aromatic N) is 4. The van der Waals surface area contributed by atoms with Gasteiger partial charge in [-0.2, -0.15) is 5.10 Å². The molecule has 0 saturated carbocycles. The van der Waals surface area contributed by atoms with E-state index in [0.717, 1.165) is 22.6 Å². The van der Waals surface area contributed by atoms with Gasteiger partial charge in [-0.3, -0.25) is 14.0 Å². The third-order valence-electron chi connectivity index (χ3n) is 5.41. The van der Waals surface area contributed by atoms with Crippen molar-refractivity contribution in [3.8, 4) is 5.75 Å². The van der Waals surface area contributed by atoms with E-state index in [1.807, 2.05) is 44.3 Å². The smallest absolute Gasteiger partial charge is 0.338 e. The predicted molar refractivity (Wildman–Crippen MR) is 117 cm³/mol. The largest absolute Gasteiger partial charge is 0.497 e. The Hall–Kier alpha value is -3.46. The van der Waals surface area contributed by atoms with E-state index in [9.17, 15) is 9.59 Å². The number of carbonyl (C=O) groups excluding carboxylic acids is 1. The Morgan fingerprint density at radius 2 is 1.90 bits per heavy atom. The maximum Gasteiger partial charge on any atom is 0.338 e. The average molecular weight is 439 g/mol. The number of ether oxygens (including phenoxy) is 2. The van der Waals surface area contributed by atoms with Gasteiger partial charge in [0.25, 0.3) is 5.56 Å². The third-order valence-corrected chi connectivity index (χ3v) is 6.39. The van der Waals surface area contributed by atoms with E-state index in [0.29, 0.717) is 20.6 Å². The first-order chi connectivity index (χ1) is 14.8. The molecule has 8 nitrogen and oxygen atoms in total. The summed E-state index contributed by atoms with van der Waals surface area (Å²) in [7, 11) is 4.75. The number of rotatable bonds is 4. The van der Waals surface area contributed by atoms with Crippen LogP contribution in [0.4, 0.5) is 0 Å². The molecule has 0 unspecified atom stereocenters. The summed E-state index contributed by atoms with van der Waals surface area (Å²) in [5.41, 5.74) is 3.12. The number of allylic oxidation sites excluding steroid dienone is 1. The zero-order valence-corrected chi connectivity index (χ0v) is 18.7. The van der Waals surface area contributed by atoms with Gasteiger partial charge in [-0.25, -0.2) is 9.79 Å². The number of hydrogen-bond acceptors (Lipinski definition) is 7. The highest BCUT2D eigenvalue weighted by Crippen LogP contribution is 2.32. The SMILES string of the molecule is COC(=O)C1=C(C)N=c2s/c(=C/c3ccc(OC)cc3)c(=O)n2[C@@H]1c1cnn(C)c1C. The van der Waals surface area contributed by atoms with Crippen LogP contribution in [0.3, 0.4) is 0 Å². The monoisotopic (exact) mass is 438 g/mol. The van der Waals surface area contributed by atoms with Crippen LogP contribution in [0.1, 0.15) is 29.8 Å². The maximum absolute atomic E-state index is 13.5. The van der Waals surface area contributed by atoms with Gasteiger partial charge in [0.05, 0.1) is 36.2 Å². The van der Waals surface area contributed by atoms with Crippen molar-refractivity contribution in [3.63, 3.8) is 0 Å². The van der Waals surface area contributed by atoms with E-state index in [-0.39, 0.29) is 5.56 Å². The Morgan fingerprint density at radius 1 is 1.19 bits per heavy atom. The molecule has 2 aromatic heterocycles. The highest BCUT2D eigenvalue weighted by molar-refractivity contribution is 7.07. The van der Waals surface area contributed by atoms with Crippen molar-refractivity contribution in [3.05, 3.63) is 78.2 Å². The van der Waals surface area contributed by atoms with Gasteiger partial charge < -0.3 is 9.47 Å². The van der Waals surface area contributed by atoms with E-state index in [4.69, 9.17) is 9.47 Å². The molecule has 3 aromatic rings. The second-order valence-corrected chi connectivity index (χ2v) is 8.16. The van der Waals surface area contributed by atoms with Crippen LogP contribution < -0.4 is 19.6 Å².